The van der Waals surface area contributed by atoms with Gasteiger partial charge in [-0.15, -0.1) is 0 Å². The lowest BCUT2D eigenvalue weighted by molar-refractivity contribution is -0.158. The number of carbonyl (C=O) groups is 2. The molecule has 0 saturated carbocycles. The number of hydrogen-bond donors (Lipinski definition) is 1. The first-order chi connectivity index (χ1) is 10.6. The van der Waals surface area contributed by atoms with E-state index in [9.17, 15) is 14.7 Å². The van der Waals surface area contributed by atoms with E-state index in [2.05, 4.69) is 0 Å². The second-order valence-corrected chi connectivity index (χ2v) is 5.60. The molecular weight excluding hydrogens is 308 g/mol. The zero-order valence-corrected chi connectivity index (χ0v) is 12.5. The van der Waals surface area contributed by atoms with Gasteiger partial charge in [0.15, 0.2) is 6.04 Å². The van der Waals surface area contributed by atoms with E-state index in [0.29, 0.717) is 11.6 Å². The van der Waals surface area contributed by atoms with Crippen LogP contribution in [0.5, 0.6) is 0 Å². The highest BCUT2D eigenvalue weighted by Crippen LogP contribution is 2.21. The van der Waals surface area contributed by atoms with E-state index in [1.807, 2.05) is 12.1 Å². The molecule has 1 aliphatic rings. The number of carboxylic acids is 1. The lowest BCUT2D eigenvalue weighted by Crippen LogP contribution is -2.53. The molecule has 3 rings (SSSR count). The minimum Gasteiger partial charge on any atom is -0.480 e. The van der Waals surface area contributed by atoms with E-state index < -0.39 is 12.0 Å². The van der Waals surface area contributed by atoms with Crippen molar-refractivity contribution in [3.05, 3.63) is 35.5 Å². The average molecular weight is 323 g/mol. The highest BCUT2D eigenvalue weighted by Gasteiger charge is 2.32. The lowest BCUT2D eigenvalue weighted by atomic mass is 10.2. The van der Waals surface area contributed by atoms with Crippen LogP contribution in [0.15, 0.2) is 30.5 Å². The van der Waals surface area contributed by atoms with Gasteiger partial charge in [0.25, 0.3) is 0 Å². The van der Waals surface area contributed by atoms with Gasteiger partial charge in [0.2, 0.25) is 5.91 Å². The summed E-state index contributed by atoms with van der Waals surface area (Å²) in [5.74, 6) is -1.29. The molecule has 1 aliphatic heterocycles. The van der Waals surface area contributed by atoms with E-state index in [4.69, 9.17) is 16.3 Å². The maximum Gasteiger partial charge on any atom is 0.328 e. The third kappa shape index (κ3) is 2.80. The number of nitrogens with zero attached hydrogens (tertiary/aromatic N) is 2. The van der Waals surface area contributed by atoms with Gasteiger partial charge in [0, 0.05) is 23.3 Å². The molecule has 1 atom stereocenters. The van der Waals surface area contributed by atoms with Crippen LogP contribution in [0.25, 0.3) is 10.9 Å². The first-order valence-electron chi connectivity index (χ1n) is 6.90. The molecule has 1 fully saturated rings. The number of fused-ring (bicyclic) bond motifs is 1. The van der Waals surface area contributed by atoms with Crippen LogP contribution in [-0.4, -0.2) is 52.3 Å². The Morgan fingerprint density at radius 3 is 2.95 bits per heavy atom. The molecule has 116 valence electrons. The molecule has 7 heteroatoms. The normalized spacial score (nSPS) is 18.6. The van der Waals surface area contributed by atoms with Gasteiger partial charge in [-0.05, 0) is 23.6 Å². The fourth-order valence-corrected chi connectivity index (χ4v) is 2.80. The average Bonchev–Trinajstić information content (AvgIpc) is 2.89. The first kappa shape index (κ1) is 14.9. The summed E-state index contributed by atoms with van der Waals surface area (Å²) < 4.78 is 6.92. The maximum absolute atomic E-state index is 12.5. The fraction of sp³-hybridized carbons (Fsp3) is 0.333. The number of hydrogen-bond acceptors (Lipinski definition) is 3. The largest absolute Gasteiger partial charge is 0.480 e. The summed E-state index contributed by atoms with van der Waals surface area (Å²) in [5.41, 5.74) is 0.848. The summed E-state index contributed by atoms with van der Waals surface area (Å²) in [6.45, 7) is 0.747. The van der Waals surface area contributed by atoms with Crippen molar-refractivity contribution in [1.82, 2.24) is 9.47 Å². The number of amides is 1. The standard InChI is InChI=1S/C15H15ClN2O4/c16-11-2-1-10-3-4-17(12(10)7-11)8-14(19)18-5-6-22-9-13(18)15(20)21/h1-4,7,13H,5-6,8-9H2,(H,20,21). The number of aliphatic carboxylic acids is 1. The summed E-state index contributed by atoms with van der Waals surface area (Å²) in [6, 6.07) is 6.43. The second kappa shape index (κ2) is 5.98. The Labute approximate surface area is 131 Å². The summed E-state index contributed by atoms with van der Waals surface area (Å²) >= 11 is 5.99. The number of benzene rings is 1. The maximum atomic E-state index is 12.5. The molecule has 0 bridgehead atoms. The van der Waals surface area contributed by atoms with Crippen molar-refractivity contribution >= 4 is 34.4 Å². The predicted molar refractivity (Wildman–Crippen MR) is 80.9 cm³/mol. The number of aromatic nitrogens is 1. The highest BCUT2D eigenvalue weighted by molar-refractivity contribution is 6.31. The third-order valence-electron chi connectivity index (χ3n) is 3.78. The quantitative estimate of drug-likeness (QED) is 0.932. The minimum absolute atomic E-state index is 0.0271. The number of carbonyl (C=O) groups excluding carboxylic acids is 1. The molecule has 0 spiro atoms. The molecular formula is C15H15ClN2O4. The number of halogens is 1. The van der Waals surface area contributed by atoms with Crippen LogP contribution < -0.4 is 0 Å². The predicted octanol–water partition coefficient (Wildman–Crippen LogP) is 1.61. The second-order valence-electron chi connectivity index (χ2n) is 5.16. The van der Waals surface area contributed by atoms with Crippen molar-refractivity contribution in [2.75, 3.05) is 19.8 Å². The number of morpholine rings is 1. The summed E-state index contributed by atoms with van der Waals surface area (Å²) in [7, 11) is 0. The van der Waals surface area contributed by atoms with Crippen molar-refractivity contribution in [3.63, 3.8) is 0 Å². The van der Waals surface area contributed by atoms with Crippen LogP contribution in [0, 0.1) is 0 Å². The van der Waals surface area contributed by atoms with Crippen molar-refractivity contribution in [2.45, 2.75) is 12.6 Å². The van der Waals surface area contributed by atoms with E-state index in [1.54, 1.807) is 22.9 Å². The zero-order valence-electron chi connectivity index (χ0n) is 11.7. The summed E-state index contributed by atoms with van der Waals surface area (Å²) in [5, 5.41) is 10.8. The molecule has 6 nitrogen and oxygen atoms in total. The van der Waals surface area contributed by atoms with E-state index in [1.165, 1.54) is 4.90 Å². The van der Waals surface area contributed by atoms with Gasteiger partial charge in [-0.2, -0.15) is 0 Å². The first-order valence-corrected chi connectivity index (χ1v) is 7.28. The Balaban J connectivity index is 1.83. The molecule has 22 heavy (non-hydrogen) atoms. The lowest BCUT2D eigenvalue weighted by Gasteiger charge is -2.33. The van der Waals surface area contributed by atoms with Gasteiger partial charge in [-0.25, -0.2) is 4.79 Å². The van der Waals surface area contributed by atoms with Gasteiger partial charge in [-0.3, -0.25) is 4.79 Å². The molecule has 1 aromatic carbocycles. The van der Waals surface area contributed by atoms with E-state index in [0.717, 1.165) is 10.9 Å². The molecule has 2 aromatic rings. The summed E-state index contributed by atoms with van der Waals surface area (Å²) in [6.07, 6.45) is 1.80. The van der Waals surface area contributed by atoms with Crippen LogP contribution >= 0.6 is 11.6 Å². The summed E-state index contributed by atoms with van der Waals surface area (Å²) in [4.78, 5) is 25.1. The number of rotatable bonds is 3. The Morgan fingerprint density at radius 2 is 2.18 bits per heavy atom. The molecule has 1 saturated heterocycles. The molecule has 0 aliphatic carbocycles. The SMILES string of the molecule is O=C(O)C1COCCN1C(=O)Cn1ccc2ccc(Cl)cc21. The Bertz CT molecular complexity index is 727. The molecule has 1 amide bonds. The molecule has 0 radical (unpaired) electrons. The van der Waals surface area contributed by atoms with Crippen molar-refractivity contribution in [1.29, 1.82) is 0 Å². The van der Waals surface area contributed by atoms with Gasteiger partial charge < -0.3 is 19.3 Å². The van der Waals surface area contributed by atoms with E-state index in [-0.39, 0.29) is 25.6 Å². The van der Waals surface area contributed by atoms with Gasteiger partial charge in [-0.1, -0.05) is 17.7 Å². The fourth-order valence-electron chi connectivity index (χ4n) is 2.64. The monoisotopic (exact) mass is 322 g/mol. The van der Waals surface area contributed by atoms with Crippen LogP contribution in [-0.2, 0) is 20.9 Å². The third-order valence-corrected chi connectivity index (χ3v) is 4.01. The molecule has 1 unspecified atom stereocenters. The number of ether oxygens (including phenoxy) is 1. The van der Waals surface area contributed by atoms with Crippen molar-refractivity contribution in [3.8, 4) is 0 Å². The molecule has 1 N–H and O–H groups in total. The minimum atomic E-state index is -1.05. The Morgan fingerprint density at radius 1 is 1.36 bits per heavy atom. The molecule has 1 aromatic heterocycles. The van der Waals surface area contributed by atoms with Crippen molar-refractivity contribution in [2.24, 2.45) is 0 Å². The topological polar surface area (TPSA) is 71.8 Å². The van der Waals surface area contributed by atoms with Crippen LogP contribution in [0.3, 0.4) is 0 Å². The highest BCUT2D eigenvalue weighted by atomic mass is 35.5. The Kier molecular flexibility index (Phi) is 4.04. The van der Waals surface area contributed by atoms with Crippen LogP contribution in [0.2, 0.25) is 5.02 Å². The van der Waals surface area contributed by atoms with Gasteiger partial charge in [0.1, 0.15) is 6.54 Å². The van der Waals surface area contributed by atoms with Crippen LogP contribution in [0.4, 0.5) is 0 Å². The smallest absolute Gasteiger partial charge is 0.328 e. The van der Waals surface area contributed by atoms with Gasteiger partial charge >= 0.3 is 5.97 Å². The van der Waals surface area contributed by atoms with E-state index >= 15 is 0 Å². The Hall–Kier alpha value is -2.05. The van der Waals surface area contributed by atoms with Gasteiger partial charge in [0.05, 0.1) is 13.2 Å². The zero-order chi connectivity index (χ0) is 15.7. The van der Waals surface area contributed by atoms with Crippen LogP contribution in [0.1, 0.15) is 0 Å². The number of carboxylic acid groups (broad SMARTS) is 1. The molecule has 2 heterocycles. The van der Waals surface area contributed by atoms with Crippen molar-refractivity contribution < 1.29 is 19.4 Å².